The number of aliphatic imine (C=N–C) groups is 1. The molecular formula is C15H19N3O3S. The summed E-state index contributed by atoms with van der Waals surface area (Å²) in [4.78, 5) is 15.9. The van der Waals surface area contributed by atoms with Crippen molar-refractivity contribution in [2.75, 3.05) is 11.9 Å². The fraction of sp³-hybridized carbons (Fsp3) is 0.333. The Morgan fingerprint density at radius 2 is 2.23 bits per heavy atom. The van der Waals surface area contributed by atoms with E-state index in [0.717, 1.165) is 6.42 Å². The van der Waals surface area contributed by atoms with Crippen LogP contribution >= 0.6 is 0 Å². The van der Waals surface area contributed by atoms with E-state index < -0.39 is 10.0 Å². The van der Waals surface area contributed by atoms with E-state index in [4.69, 9.17) is 0 Å². The highest BCUT2D eigenvalue weighted by Crippen LogP contribution is 2.16. The SMILES string of the molecule is C=CCCC(=O)Nc1cccc(S(=O)(=O)NC2=NCCC2)c1. The lowest BCUT2D eigenvalue weighted by atomic mass is 10.2. The summed E-state index contributed by atoms with van der Waals surface area (Å²) in [7, 11) is -3.67. The van der Waals surface area contributed by atoms with Gasteiger partial charge in [-0.05, 0) is 31.0 Å². The second kappa shape index (κ2) is 7.22. The molecule has 1 aliphatic rings. The maximum absolute atomic E-state index is 12.3. The molecule has 2 N–H and O–H groups in total. The van der Waals surface area contributed by atoms with Gasteiger partial charge >= 0.3 is 0 Å². The number of amides is 1. The highest BCUT2D eigenvalue weighted by atomic mass is 32.2. The number of nitrogens with zero attached hydrogens (tertiary/aromatic N) is 1. The normalized spacial score (nSPS) is 14.3. The first-order valence-electron chi connectivity index (χ1n) is 7.08. The highest BCUT2D eigenvalue weighted by molar-refractivity contribution is 7.90. The molecule has 2 rings (SSSR count). The van der Waals surface area contributed by atoms with Gasteiger partial charge in [-0.2, -0.15) is 0 Å². The number of carbonyl (C=O) groups excluding carboxylic acids is 1. The smallest absolute Gasteiger partial charge is 0.262 e. The lowest BCUT2D eigenvalue weighted by molar-refractivity contribution is -0.116. The van der Waals surface area contributed by atoms with E-state index in [1.807, 2.05) is 0 Å². The van der Waals surface area contributed by atoms with Gasteiger partial charge in [0, 0.05) is 25.1 Å². The number of nitrogens with one attached hydrogen (secondary N) is 2. The van der Waals surface area contributed by atoms with Crippen LogP contribution in [0.25, 0.3) is 0 Å². The topological polar surface area (TPSA) is 87.6 Å². The van der Waals surface area contributed by atoms with Crippen LogP contribution in [0.4, 0.5) is 5.69 Å². The lowest BCUT2D eigenvalue weighted by Crippen LogP contribution is -2.29. The number of allylic oxidation sites excluding steroid dienone is 1. The van der Waals surface area contributed by atoms with E-state index in [-0.39, 0.29) is 10.8 Å². The third-order valence-electron chi connectivity index (χ3n) is 3.13. The molecule has 0 bridgehead atoms. The minimum atomic E-state index is -3.67. The molecule has 0 spiro atoms. The number of benzene rings is 1. The van der Waals surface area contributed by atoms with E-state index in [1.54, 1.807) is 18.2 Å². The molecule has 0 unspecified atom stereocenters. The van der Waals surface area contributed by atoms with Crippen molar-refractivity contribution < 1.29 is 13.2 Å². The summed E-state index contributed by atoms with van der Waals surface area (Å²) < 4.78 is 27.0. The Balaban J connectivity index is 2.09. The maximum Gasteiger partial charge on any atom is 0.262 e. The van der Waals surface area contributed by atoms with Gasteiger partial charge in [0.1, 0.15) is 5.84 Å². The minimum absolute atomic E-state index is 0.101. The van der Waals surface area contributed by atoms with Gasteiger partial charge in [0.2, 0.25) is 5.91 Å². The zero-order valence-corrected chi connectivity index (χ0v) is 13.0. The molecule has 0 saturated heterocycles. The first-order chi connectivity index (χ1) is 10.5. The Hall–Kier alpha value is -2.15. The summed E-state index contributed by atoms with van der Waals surface area (Å²) in [6, 6.07) is 6.16. The maximum atomic E-state index is 12.3. The molecule has 0 saturated carbocycles. The number of hydrogen-bond acceptors (Lipinski definition) is 4. The molecule has 0 fully saturated rings. The van der Waals surface area contributed by atoms with Crippen molar-refractivity contribution in [2.45, 2.75) is 30.6 Å². The van der Waals surface area contributed by atoms with Gasteiger partial charge in [-0.1, -0.05) is 12.1 Å². The van der Waals surface area contributed by atoms with Crippen LogP contribution in [0, 0.1) is 0 Å². The van der Waals surface area contributed by atoms with E-state index in [9.17, 15) is 13.2 Å². The molecule has 0 aromatic heterocycles. The van der Waals surface area contributed by atoms with Crippen LogP contribution in [0.5, 0.6) is 0 Å². The predicted molar refractivity (Wildman–Crippen MR) is 86.4 cm³/mol. The Morgan fingerprint density at radius 1 is 1.41 bits per heavy atom. The third kappa shape index (κ3) is 4.42. The van der Waals surface area contributed by atoms with Gasteiger partial charge in [-0.25, -0.2) is 8.42 Å². The van der Waals surface area contributed by atoms with Crippen LogP contribution in [0.1, 0.15) is 25.7 Å². The molecule has 1 amide bonds. The Morgan fingerprint density at radius 3 is 2.91 bits per heavy atom. The van der Waals surface area contributed by atoms with Crippen molar-refractivity contribution in [3.8, 4) is 0 Å². The highest BCUT2D eigenvalue weighted by Gasteiger charge is 2.18. The lowest BCUT2D eigenvalue weighted by Gasteiger charge is -2.10. The number of hydrogen-bond donors (Lipinski definition) is 2. The quantitative estimate of drug-likeness (QED) is 0.786. The van der Waals surface area contributed by atoms with Gasteiger partial charge in [-0.15, -0.1) is 6.58 Å². The average molecular weight is 321 g/mol. The van der Waals surface area contributed by atoms with Crippen molar-refractivity contribution in [2.24, 2.45) is 4.99 Å². The Bertz CT molecular complexity index is 696. The minimum Gasteiger partial charge on any atom is -0.326 e. The van der Waals surface area contributed by atoms with Crippen molar-refractivity contribution >= 4 is 27.5 Å². The largest absolute Gasteiger partial charge is 0.326 e. The molecule has 6 nitrogen and oxygen atoms in total. The van der Waals surface area contributed by atoms with Crippen molar-refractivity contribution in [1.82, 2.24) is 4.72 Å². The fourth-order valence-corrected chi connectivity index (χ4v) is 3.17. The van der Waals surface area contributed by atoms with Gasteiger partial charge in [0.25, 0.3) is 10.0 Å². The molecule has 7 heteroatoms. The molecule has 0 radical (unpaired) electrons. The van der Waals surface area contributed by atoms with E-state index in [0.29, 0.717) is 37.3 Å². The number of amidine groups is 1. The van der Waals surface area contributed by atoms with Crippen molar-refractivity contribution in [1.29, 1.82) is 0 Å². The summed E-state index contributed by atoms with van der Waals surface area (Å²) >= 11 is 0. The summed E-state index contributed by atoms with van der Waals surface area (Å²) in [6.07, 6.45) is 4.04. The zero-order chi connectivity index (χ0) is 16.0. The van der Waals surface area contributed by atoms with Crippen LogP contribution in [0.15, 0.2) is 46.8 Å². The molecule has 1 aromatic rings. The summed E-state index contributed by atoms with van der Waals surface area (Å²) in [5, 5.41) is 2.67. The summed E-state index contributed by atoms with van der Waals surface area (Å²) in [6.45, 7) is 4.21. The number of carbonyl (C=O) groups is 1. The van der Waals surface area contributed by atoms with Gasteiger partial charge in [-0.3, -0.25) is 14.5 Å². The summed E-state index contributed by atoms with van der Waals surface area (Å²) in [5.74, 6) is 0.308. The molecule has 0 atom stereocenters. The van der Waals surface area contributed by atoms with Gasteiger partial charge in [0.05, 0.1) is 4.90 Å². The molecule has 1 aromatic carbocycles. The second-order valence-electron chi connectivity index (χ2n) is 4.94. The van der Waals surface area contributed by atoms with Crippen LogP contribution in [0.2, 0.25) is 0 Å². The number of sulfonamides is 1. The Kier molecular flexibility index (Phi) is 5.32. The number of rotatable bonds is 6. The van der Waals surface area contributed by atoms with Gasteiger partial charge in [0.15, 0.2) is 0 Å². The zero-order valence-electron chi connectivity index (χ0n) is 12.2. The fourth-order valence-electron chi connectivity index (χ4n) is 2.03. The van der Waals surface area contributed by atoms with Gasteiger partial charge < -0.3 is 5.32 Å². The molecule has 22 heavy (non-hydrogen) atoms. The first-order valence-corrected chi connectivity index (χ1v) is 8.56. The molecule has 0 aliphatic carbocycles. The van der Waals surface area contributed by atoms with Crippen molar-refractivity contribution in [3.63, 3.8) is 0 Å². The average Bonchev–Trinajstić information content (AvgIpc) is 2.97. The van der Waals surface area contributed by atoms with Crippen LogP contribution < -0.4 is 10.0 Å². The molecule has 118 valence electrons. The van der Waals surface area contributed by atoms with E-state index >= 15 is 0 Å². The van der Waals surface area contributed by atoms with Crippen LogP contribution in [-0.4, -0.2) is 26.7 Å². The molecule has 1 aliphatic heterocycles. The third-order valence-corrected chi connectivity index (χ3v) is 4.51. The molecular weight excluding hydrogens is 302 g/mol. The summed E-state index contributed by atoms with van der Waals surface area (Å²) in [5.41, 5.74) is 0.449. The standard InChI is InChI=1S/C15H19N3O3S/c1-2-3-9-15(19)17-12-6-4-7-13(11-12)22(20,21)18-14-8-5-10-16-14/h2,4,6-7,11H,1,3,5,8-10H2,(H,16,18)(H,17,19). The van der Waals surface area contributed by atoms with Crippen molar-refractivity contribution in [3.05, 3.63) is 36.9 Å². The Labute approximate surface area is 130 Å². The molecule has 1 heterocycles. The second-order valence-corrected chi connectivity index (χ2v) is 6.62. The van der Waals surface area contributed by atoms with Crippen LogP contribution in [0.3, 0.4) is 0 Å². The monoisotopic (exact) mass is 321 g/mol. The van der Waals surface area contributed by atoms with Crippen LogP contribution in [-0.2, 0) is 14.8 Å². The van der Waals surface area contributed by atoms with E-state index in [2.05, 4.69) is 21.6 Å². The van der Waals surface area contributed by atoms with E-state index in [1.165, 1.54) is 12.1 Å². The predicted octanol–water partition coefficient (Wildman–Crippen LogP) is 2.06. The number of anilines is 1. The first kappa shape index (κ1) is 16.2.